The number of hydrogen-bond donors (Lipinski definition) is 0. The van der Waals surface area contributed by atoms with Crippen molar-refractivity contribution in [3.63, 3.8) is 0 Å². The molecular formula is C9H11NO3S. The highest BCUT2D eigenvalue weighted by Gasteiger charge is 2.32. The Morgan fingerprint density at radius 1 is 1.36 bits per heavy atom. The lowest BCUT2D eigenvalue weighted by Gasteiger charge is -2.08. The van der Waals surface area contributed by atoms with E-state index in [2.05, 4.69) is 0 Å². The van der Waals surface area contributed by atoms with Crippen LogP contribution in [-0.4, -0.2) is 14.2 Å². The van der Waals surface area contributed by atoms with Crippen molar-refractivity contribution in [3.8, 4) is 0 Å². The Balaban J connectivity index is 2.36. The lowest BCUT2D eigenvalue weighted by Crippen LogP contribution is -2.24. The molecule has 2 heterocycles. The first-order valence-corrected chi connectivity index (χ1v) is 6.21. The Kier molecular flexibility index (Phi) is 2.19. The van der Waals surface area contributed by atoms with E-state index in [4.69, 9.17) is 0 Å². The first-order chi connectivity index (χ1) is 6.59. The monoisotopic (exact) mass is 213 g/mol. The van der Waals surface area contributed by atoms with Crippen LogP contribution in [0.2, 0.25) is 0 Å². The standard InChI is InChI=1S/C9H11NO3S/c11-10-5-3-8(4-6-10)9-2-1-7-14(9,12)13/h3-6,9H,1-2,7H2/t9-/m1/s1. The van der Waals surface area contributed by atoms with Gasteiger partial charge in [0, 0.05) is 12.1 Å². The molecule has 1 aliphatic rings. The van der Waals surface area contributed by atoms with Crippen LogP contribution in [0, 0.1) is 5.21 Å². The van der Waals surface area contributed by atoms with E-state index in [1.165, 1.54) is 12.4 Å². The van der Waals surface area contributed by atoms with Gasteiger partial charge in [0.05, 0.1) is 11.0 Å². The van der Waals surface area contributed by atoms with Gasteiger partial charge in [0.25, 0.3) is 0 Å². The first-order valence-electron chi connectivity index (χ1n) is 4.50. The largest absolute Gasteiger partial charge is 0.619 e. The fraction of sp³-hybridized carbons (Fsp3) is 0.444. The van der Waals surface area contributed by atoms with E-state index in [9.17, 15) is 13.6 Å². The zero-order valence-corrected chi connectivity index (χ0v) is 8.40. The van der Waals surface area contributed by atoms with E-state index >= 15 is 0 Å². The highest BCUT2D eigenvalue weighted by molar-refractivity contribution is 7.91. The van der Waals surface area contributed by atoms with Crippen molar-refractivity contribution in [3.05, 3.63) is 35.3 Å². The molecule has 0 N–H and O–H groups in total. The molecule has 0 bridgehead atoms. The van der Waals surface area contributed by atoms with Crippen molar-refractivity contribution < 1.29 is 13.1 Å². The third kappa shape index (κ3) is 1.59. The van der Waals surface area contributed by atoms with Gasteiger partial charge in [-0.3, -0.25) is 0 Å². The molecule has 76 valence electrons. The van der Waals surface area contributed by atoms with E-state index < -0.39 is 15.1 Å². The highest BCUT2D eigenvalue weighted by atomic mass is 32.2. The van der Waals surface area contributed by atoms with Gasteiger partial charge in [0.2, 0.25) is 0 Å². The van der Waals surface area contributed by atoms with Crippen LogP contribution in [0.3, 0.4) is 0 Å². The molecule has 1 aromatic rings. The van der Waals surface area contributed by atoms with Crippen LogP contribution in [0.25, 0.3) is 0 Å². The molecule has 14 heavy (non-hydrogen) atoms. The Morgan fingerprint density at radius 3 is 2.50 bits per heavy atom. The highest BCUT2D eigenvalue weighted by Crippen LogP contribution is 2.33. The summed E-state index contributed by atoms with van der Waals surface area (Å²) in [6, 6.07) is 3.17. The molecule has 0 aliphatic carbocycles. The second kappa shape index (κ2) is 3.24. The van der Waals surface area contributed by atoms with Crippen molar-refractivity contribution >= 4 is 9.84 Å². The number of aromatic nitrogens is 1. The fourth-order valence-electron chi connectivity index (χ4n) is 1.80. The van der Waals surface area contributed by atoms with Gasteiger partial charge in [-0.05, 0) is 18.4 Å². The topological polar surface area (TPSA) is 61.1 Å². The second-order valence-electron chi connectivity index (χ2n) is 3.49. The molecule has 0 amide bonds. The first kappa shape index (κ1) is 9.45. The molecule has 0 spiro atoms. The number of sulfone groups is 1. The predicted molar refractivity (Wildman–Crippen MR) is 51.2 cm³/mol. The number of pyridine rings is 1. The lowest BCUT2D eigenvalue weighted by molar-refractivity contribution is -0.605. The van der Waals surface area contributed by atoms with Crippen molar-refractivity contribution in [2.24, 2.45) is 0 Å². The van der Waals surface area contributed by atoms with Gasteiger partial charge < -0.3 is 5.21 Å². The van der Waals surface area contributed by atoms with E-state index in [1.807, 2.05) is 0 Å². The molecule has 1 aliphatic heterocycles. The van der Waals surface area contributed by atoms with Crippen molar-refractivity contribution in [2.45, 2.75) is 18.1 Å². The Hall–Kier alpha value is -1.10. The van der Waals surface area contributed by atoms with Crippen molar-refractivity contribution in [2.75, 3.05) is 5.75 Å². The third-order valence-electron chi connectivity index (χ3n) is 2.53. The lowest BCUT2D eigenvalue weighted by atomic mass is 10.1. The molecule has 0 saturated carbocycles. The van der Waals surface area contributed by atoms with E-state index in [-0.39, 0.29) is 5.75 Å². The molecule has 0 radical (unpaired) electrons. The van der Waals surface area contributed by atoms with Gasteiger partial charge in [-0.1, -0.05) is 0 Å². The van der Waals surface area contributed by atoms with E-state index in [1.54, 1.807) is 12.1 Å². The summed E-state index contributed by atoms with van der Waals surface area (Å²) in [6.45, 7) is 0. The molecule has 0 aromatic carbocycles. The number of nitrogens with zero attached hydrogens (tertiary/aromatic N) is 1. The zero-order valence-electron chi connectivity index (χ0n) is 7.59. The summed E-state index contributed by atoms with van der Waals surface area (Å²) in [5.41, 5.74) is 0.731. The molecule has 1 aromatic heterocycles. The summed E-state index contributed by atoms with van der Waals surface area (Å²) in [4.78, 5) is 0. The minimum atomic E-state index is -2.96. The summed E-state index contributed by atoms with van der Waals surface area (Å²) < 4.78 is 23.8. The summed E-state index contributed by atoms with van der Waals surface area (Å²) in [5.74, 6) is 0.268. The molecular weight excluding hydrogens is 202 g/mol. The van der Waals surface area contributed by atoms with Crippen LogP contribution in [0.4, 0.5) is 0 Å². The summed E-state index contributed by atoms with van der Waals surface area (Å²) in [7, 11) is -2.96. The van der Waals surface area contributed by atoms with E-state index in [0.29, 0.717) is 11.2 Å². The van der Waals surface area contributed by atoms with Crippen molar-refractivity contribution in [1.82, 2.24) is 0 Å². The van der Waals surface area contributed by atoms with Gasteiger partial charge in [-0.25, -0.2) is 8.42 Å². The van der Waals surface area contributed by atoms with Crippen molar-refractivity contribution in [1.29, 1.82) is 0 Å². The van der Waals surface area contributed by atoms with Crippen LogP contribution in [0.5, 0.6) is 0 Å². The van der Waals surface area contributed by atoms with Gasteiger partial charge >= 0.3 is 0 Å². The second-order valence-corrected chi connectivity index (χ2v) is 5.79. The smallest absolute Gasteiger partial charge is 0.180 e. The molecule has 1 atom stereocenters. The van der Waals surface area contributed by atoms with Crippen LogP contribution in [-0.2, 0) is 9.84 Å². The molecule has 1 saturated heterocycles. The van der Waals surface area contributed by atoms with Gasteiger partial charge in [-0.2, -0.15) is 4.73 Å². The average Bonchev–Trinajstić information content (AvgIpc) is 2.47. The summed E-state index contributed by atoms with van der Waals surface area (Å²) in [6.07, 6.45) is 4.07. The molecule has 0 unspecified atom stereocenters. The maximum atomic E-state index is 11.6. The minimum Gasteiger partial charge on any atom is -0.619 e. The van der Waals surface area contributed by atoms with Crippen LogP contribution in [0.1, 0.15) is 23.7 Å². The Morgan fingerprint density at radius 2 is 2.00 bits per heavy atom. The van der Waals surface area contributed by atoms with Gasteiger partial charge in [-0.15, -0.1) is 0 Å². The maximum Gasteiger partial charge on any atom is 0.180 e. The number of rotatable bonds is 1. The molecule has 1 fully saturated rings. The SMILES string of the molecule is O=S1(=O)CCC[C@@H]1c1cc[n+]([O-])cc1. The normalized spacial score (nSPS) is 25.0. The van der Waals surface area contributed by atoms with Crippen LogP contribution >= 0.6 is 0 Å². The van der Waals surface area contributed by atoms with Crippen LogP contribution < -0.4 is 4.73 Å². The van der Waals surface area contributed by atoms with Gasteiger partial charge in [0.15, 0.2) is 22.2 Å². The van der Waals surface area contributed by atoms with E-state index in [0.717, 1.165) is 12.0 Å². The quantitative estimate of drug-likeness (QED) is 0.506. The predicted octanol–water partition coefficient (Wildman–Crippen LogP) is 0.570. The summed E-state index contributed by atoms with van der Waals surface area (Å²) >= 11 is 0. The number of hydrogen-bond acceptors (Lipinski definition) is 3. The molecule has 4 nitrogen and oxygen atoms in total. The summed E-state index contributed by atoms with van der Waals surface area (Å²) in [5, 5.41) is 10.4. The third-order valence-corrected chi connectivity index (χ3v) is 4.76. The van der Waals surface area contributed by atoms with Gasteiger partial charge in [0.1, 0.15) is 0 Å². The zero-order chi connectivity index (χ0) is 10.2. The Bertz CT molecular complexity index is 424. The molecule has 2 rings (SSSR count). The fourth-order valence-corrected chi connectivity index (χ4v) is 3.76. The minimum absolute atomic E-state index is 0.268. The average molecular weight is 213 g/mol. The molecule has 5 heteroatoms. The Labute approximate surface area is 82.7 Å². The maximum absolute atomic E-state index is 11.6. The van der Waals surface area contributed by atoms with Crippen LogP contribution in [0.15, 0.2) is 24.5 Å².